The largest absolute Gasteiger partial charge is 0.392 e. The molecule has 0 bridgehead atoms. The number of benzene rings is 2. The average Bonchev–Trinajstić information content (AvgIpc) is 3.61. The Hall–Kier alpha value is -4.19. The van der Waals surface area contributed by atoms with Crippen molar-refractivity contribution < 1.29 is 14.6 Å². The number of piperidine rings is 1. The Morgan fingerprint density at radius 2 is 1.64 bits per heavy atom. The number of aliphatic hydroxyl groups excluding tert-OH is 1. The minimum absolute atomic E-state index is 0.0403. The zero-order valence-corrected chi connectivity index (χ0v) is 21.2. The molecule has 4 heterocycles. The molecule has 3 aromatic heterocycles. The lowest BCUT2D eigenvalue weighted by Gasteiger charge is -2.38. The third kappa shape index (κ3) is 5.11. The van der Waals surface area contributed by atoms with Crippen LogP contribution in [0.2, 0.25) is 0 Å². The maximum absolute atomic E-state index is 13.3. The maximum Gasteiger partial charge on any atom is 0.264 e. The lowest BCUT2D eigenvalue weighted by Crippen LogP contribution is -2.47. The molecule has 6 rings (SSSR count). The lowest BCUT2D eigenvalue weighted by molar-refractivity contribution is -0.0364. The summed E-state index contributed by atoms with van der Waals surface area (Å²) in [6.45, 7) is 2.27. The van der Waals surface area contributed by atoms with Gasteiger partial charge in [0.05, 0.1) is 42.5 Å². The van der Waals surface area contributed by atoms with E-state index in [4.69, 9.17) is 0 Å². The number of rotatable bonds is 7. The van der Waals surface area contributed by atoms with Crippen molar-refractivity contribution in [3.63, 3.8) is 0 Å². The summed E-state index contributed by atoms with van der Waals surface area (Å²) in [6.07, 6.45) is 7.41. The number of hydrogen-bond donors (Lipinski definition) is 2. The summed E-state index contributed by atoms with van der Waals surface area (Å²) in [7, 11) is 0. The Morgan fingerprint density at radius 3 is 2.33 bits per heavy atom. The van der Waals surface area contributed by atoms with Gasteiger partial charge in [0.25, 0.3) is 5.56 Å². The van der Waals surface area contributed by atoms with Crippen LogP contribution in [0.5, 0.6) is 0 Å². The molecule has 0 atom stereocenters. The molecule has 1 aliphatic heterocycles. The molecule has 2 N–H and O–H groups in total. The highest BCUT2D eigenvalue weighted by molar-refractivity contribution is 5.74. The first-order valence-electron chi connectivity index (χ1n) is 12.8. The highest BCUT2D eigenvalue weighted by Crippen LogP contribution is 2.25. The molecule has 11 heteroatoms. The van der Waals surface area contributed by atoms with E-state index in [0.29, 0.717) is 42.7 Å². The van der Waals surface area contributed by atoms with Gasteiger partial charge in [0.15, 0.2) is 5.65 Å². The molecule has 0 aliphatic carbocycles. The van der Waals surface area contributed by atoms with Crippen LogP contribution < -0.4 is 5.56 Å². The van der Waals surface area contributed by atoms with Crippen LogP contribution in [-0.4, -0.2) is 62.9 Å². The van der Waals surface area contributed by atoms with E-state index in [2.05, 4.69) is 32.2 Å². The van der Waals surface area contributed by atoms with Crippen LogP contribution in [0.25, 0.3) is 22.4 Å². The Bertz CT molecular complexity index is 1650. The molecule has 10 nitrogen and oxygen atoms in total. The Labute approximate surface area is 223 Å². The summed E-state index contributed by atoms with van der Waals surface area (Å²) in [6, 6.07) is 13.9. The lowest BCUT2D eigenvalue weighted by atomic mass is 9.91. The van der Waals surface area contributed by atoms with Gasteiger partial charge in [-0.2, -0.15) is 10.2 Å². The molecule has 0 spiro atoms. The molecule has 200 valence electrons. The third-order valence-electron chi connectivity index (χ3n) is 7.30. The van der Waals surface area contributed by atoms with E-state index < -0.39 is 5.60 Å². The Morgan fingerprint density at radius 1 is 0.923 bits per heavy atom. The molecule has 0 unspecified atom stereocenters. The van der Waals surface area contributed by atoms with Crippen LogP contribution in [-0.2, 0) is 19.7 Å². The van der Waals surface area contributed by atoms with Gasteiger partial charge in [0.1, 0.15) is 17.5 Å². The van der Waals surface area contributed by atoms with Gasteiger partial charge in [-0.25, -0.2) is 18.7 Å². The summed E-state index contributed by atoms with van der Waals surface area (Å²) >= 11 is 0. The van der Waals surface area contributed by atoms with E-state index in [9.17, 15) is 19.4 Å². The number of aromatic nitrogens is 6. The van der Waals surface area contributed by atoms with Crippen molar-refractivity contribution in [3.05, 3.63) is 101 Å². The van der Waals surface area contributed by atoms with Crippen LogP contribution in [0.4, 0.5) is 4.39 Å². The maximum atomic E-state index is 13.3. The summed E-state index contributed by atoms with van der Waals surface area (Å²) in [5.41, 5.74) is 2.54. The van der Waals surface area contributed by atoms with Crippen molar-refractivity contribution in [1.82, 2.24) is 34.0 Å². The van der Waals surface area contributed by atoms with E-state index in [0.717, 1.165) is 23.4 Å². The average molecular weight is 530 g/mol. The molecule has 1 aliphatic rings. The Balaban J connectivity index is 1.10. The van der Waals surface area contributed by atoms with Gasteiger partial charge in [0.2, 0.25) is 0 Å². The third-order valence-corrected chi connectivity index (χ3v) is 7.30. The summed E-state index contributed by atoms with van der Waals surface area (Å²) in [5.74, 6) is -0.355. The highest BCUT2D eigenvalue weighted by Gasteiger charge is 2.33. The van der Waals surface area contributed by atoms with E-state index in [-0.39, 0.29) is 24.5 Å². The second-order valence-electron chi connectivity index (χ2n) is 10.1. The predicted octanol–water partition coefficient (Wildman–Crippen LogP) is 2.43. The van der Waals surface area contributed by atoms with Crippen molar-refractivity contribution in [1.29, 1.82) is 0 Å². The zero-order valence-electron chi connectivity index (χ0n) is 21.2. The minimum atomic E-state index is -1.02. The second-order valence-corrected chi connectivity index (χ2v) is 10.1. The molecule has 0 radical (unpaired) electrons. The first kappa shape index (κ1) is 25.1. The molecule has 1 saturated heterocycles. The number of halogens is 1. The van der Waals surface area contributed by atoms with Crippen molar-refractivity contribution in [2.45, 2.75) is 38.1 Å². The van der Waals surface area contributed by atoms with Crippen molar-refractivity contribution >= 4 is 11.0 Å². The fourth-order valence-electron chi connectivity index (χ4n) is 5.03. The number of aliphatic hydroxyl groups is 2. The number of nitrogens with zero attached hydrogens (tertiary/aromatic N) is 7. The molecule has 0 saturated carbocycles. The number of fused-ring (bicyclic) bond motifs is 1. The van der Waals surface area contributed by atoms with Gasteiger partial charge in [-0.05, 0) is 54.8 Å². The molecule has 1 fully saturated rings. The van der Waals surface area contributed by atoms with E-state index in [1.54, 1.807) is 29.2 Å². The molecule has 5 aromatic rings. The van der Waals surface area contributed by atoms with Gasteiger partial charge < -0.3 is 10.2 Å². The number of hydrogen-bond acceptors (Lipinski definition) is 7. The fourth-order valence-corrected chi connectivity index (χ4v) is 5.03. The zero-order chi connectivity index (χ0) is 27.0. The van der Waals surface area contributed by atoms with Crippen molar-refractivity contribution in [2.75, 3.05) is 13.1 Å². The van der Waals surface area contributed by atoms with E-state index in [1.807, 2.05) is 12.1 Å². The molecular weight excluding hydrogens is 501 g/mol. The quantitative estimate of drug-likeness (QED) is 0.333. The molecule has 2 aromatic carbocycles. The standard InChI is InChI=1S/C28H28FN7O3/c29-22-3-7-24(8-4-22)36-26-25(14-32-36)27(38)34(19-30-26)18-28(39)9-11-33(12-10-28)15-20-1-5-23(6-2-20)35-16-21(17-37)13-31-35/h1-8,13-14,16,19,37,39H,9-12,15,17-18H2. The highest BCUT2D eigenvalue weighted by atomic mass is 19.1. The first-order valence-corrected chi connectivity index (χ1v) is 12.8. The number of likely N-dealkylation sites (tertiary alicyclic amines) is 1. The Kier molecular flexibility index (Phi) is 6.55. The van der Waals surface area contributed by atoms with Crippen LogP contribution in [0.1, 0.15) is 24.0 Å². The smallest absolute Gasteiger partial charge is 0.264 e. The SMILES string of the molecule is O=c1c2cnn(-c3ccc(F)cc3)c2ncn1CC1(O)CCN(Cc2ccc(-n3cc(CO)cn3)cc2)CC1. The molecule has 0 amide bonds. The van der Waals surface area contributed by atoms with Gasteiger partial charge in [-0.3, -0.25) is 14.3 Å². The van der Waals surface area contributed by atoms with Gasteiger partial charge in [0, 0.05) is 31.4 Å². The van der Waals surface area contributed by atoms with E-state index >= 15 is 0 Å². The van der Waals surface area contributed by atoms with Crippen molar-refractivity contribution in [3.8, 4) is 11.4 Å². The van der Waals surface area contributed by atoms with Gasteiger partial charge >= 0.3 is 0 Å². The first-order chi connectivity index (χ1) is 18.9. The topological polar surface area (TPSA) is 114 Å². The normalized spacial score (nSPS) is 15.7. The predicted molar refractivity (Wildman–Crippen MR) is 142 cm³/mol. The van der Waals surface area contributed by atoms with Crippen LogP contribution in [0.3, 0.4) is 0 Å². The second kappa shape index (κ2) is 10.2. The molecule has 39 heavy (non-hydrogen) atoms. The van der Waals surface area contributed by atoms with Gasteiger partial charge in [-0.15, -0.1) is 0 Å². The molecular formula is C28H28FN7O3. The minimum Gasteiger partial charge on any atom is -0.392 e. The van der Waals surface area contributed by atoms with Gasteiger partial charge in [-0.1, -0.05) is 12.1 Å². The summed E-state index contributed by atoms with van der Waals surface area (Å²) < 4.78 is 18.0. The van der Waals surface area contributed by atoms with Crippen LogP contribution in [0, 0.1) is 5.82 Å². The fraction of sp³-hybridized carbons (Fsp3) is 0.286. The summed E-state index contributed by atoms with van der Waals surface area (Å²) in [5, 5.41) is 29.4. The van der Waals surface area contributed by atoms with Crippen LogP contribution >= 0.6 is 0 Å². The monoisotopic (exact) mass is 529 g/mol. The summed E-state index contributed by atoms with van der Waals surface area (Å²) in [4.78, 5) is 19.9. The van der Waals surface area contributed by atoms with Crippen molar-refractivity contribution in [2.24, 2.45) is 0 Å². The van der Waals surface area contributed by atoms with Crippen LogP contribution in [0.15, 0.2) is 78.2 Å². The van der Waals surface area contributed by atoms with E-state index in [1.165, 1.54) is 33.9 Å².